The average molecular weight is 691 g/mol. The van der Waals surface area contributed by atoms with E-state index in [2.05, 4.69) is 19.8 Å². The molecule has 9 nitrogen and oxygen atoms in total. The van der Waals surface area contributed by atoms with Crippen LogP contribution in [0.3, 0.4) is 0 Å². The van der Waals surface area contributed by atoms with Gasteiger partial charge >= 0.3 is 11.9 Å². The molecule has 262 valence electrons. The summed E-state index contributed by atoms with van der Waals surface area (Å²) in [5, 5.41) is 0. The van der Waals surface area contributed by atoms with Crippen molar-refractivity contribution in [1.29, 1.82) is 0 Å². The van der Waals surface area contributed by atoms with Crippen molar-refractivity contribution in [3.63, 3.8) is 0 Å². The number of terminal acetylenes is 1. The standard InChI is InChI=1S/C39H46O9S/c1-9-20-44-39-35(48-38(41)29-18-14-11-15-19-29)34(47-37(40)28-16-12-10-13-17-28)27(8)33(46-39)23-45-49(42,43)36-31(25(4)5)21-30(24(2)3)22-32(36)26(6)7/h1,10-19,21-22,24-27,33-35,39H,20,23H2,2-8H3/t27?,33-,34+,35+,39-/m1/s1. The van der Waals surface area contributed by atoms with Crippen LogP contribution in [0.1, 0.15) is 104 Å². The molecule has 0 aliphatic carbocycles. The predicted molar refractivity (Wildman–Crippen MR) is 186 cm³/mol. The lowest BCUT2D eigenvalue weighted by molar-refractivity contribution is -0.281. The van der Waals surface area contributed by atoms with E-state index < -0.39 is 59.2 Å². The molecule has 3 aromatic carbocycles. The van der Waals surface area contributed by atoms with Gasteiger partial charge in [-0.15, -0.1) is 6.42 Å². The Kier molecular flexibility index (Phi) is 12.8. The second-order valence-electron chi connectivity index (χ2n) is 13.1. The third-order valence-electron chi connectivity index (χ3n) is 8.56. The van der Waals surface area contributed by atoms with Gasteiger partial charge in [0.2, 0.25) is 0 Å². The first kappa shape index (κ1) is 37.8. The number of hydrogen-bond donors (Lipinski definition) is 0. The number of esters is 2. The van der Waals surface area contributed by atoms with Crippen LogP contribution in [0.15, 0.2) is 77.7 Å². The lowest BCUT2D eigenvalue weighted by atomic mass is 9.89. The van der Waals surface area contributed by atoms with Gasteiger partial charge < -0.3 is 18.9 Å². The molecule has 0 amide bonds. The zero-order chi connectivity index (χ0) is 35.9. The largest absolute Gasteiger partial charge is 0.454 e. The van der Waals surface area contributed by atoms with Crippen LogP contribution in [0, 0.1) is 18.3 Å². The van der Waals surface area contributed by atoms with Gasteiger partial charge in [-0.25, -0.2) is 9.59 Å². The van der Waals surface area contributed by atoms with Crippen LogP contribution in [0.5, 0.6) is 0 Å². The molecular formula is C39H46O9S. The fraction of sp³-hybridized carbons (Fsp3) is 0.436. The quantitative estimate of drug-likeness (QED) is 0.104. The summed E-state index contributed by atoms with van der Waals surface area (Å²) in [7, 11) is -4.31. The van der Waals surface area contributed by atoms with Crippen molar-refractivity contribution in [3.05, 3.63) is 101 Å². The van der Waals surface area contributed by atoms with Gasteiger partial charge in [-0.1, -0.05) is 103 Å². The van der Waals surface area contributed by atoms with Gasteiger partial charge in [-0.3, -0.25) is 4.18 Å². The Bertz CT molecular complexity index is 1700. The molecule has 1 fully saturated rings. The van der Waals surface area contributed by atoms with E-state index in [4.69, 9.17) is 29.6 Å². The van der Waals surface area contributed by atoms with Gasteiger partial charge in [-0.2, -0.15) is 8.42 Å². The van der Waals surface area contributed by atoms with Crippen molar-refractivity contribution >= 4 is 22.1 Å². The molecule has 10 heteroatoms. The van der Waals surface area contributed by atoms with Gasteiger partial charge in [0, 0.05) is 5.92 Å². The Morgan fingerprint density at radius 3 is 1.73 bits per heavy atom. The fourth-order valence-corrected chi connectivity index (χ4v) is 7.32. The molecule has 0 spiro atoms. The maximum Gasteiger partial charge on any atom is 0.338 e. The van der Waals surface area contributed by atoms with E-state index in [1.807, 2.05) is 39.8 Å². The Hall–Kier alpha value is -4.01. The Labute approximate surface area is 290 Å². The summed E-state index contributed by atoms with van der Waals surface area (Å²) in [6, 6.07) is 20.5. The summed E-state index contributed by atoms with van der Waals surface area (Å²) in [5.41, 5.74) is 2.93. The van der Waals surface area contributed by atoms with Crippen LogP contribution in [0.25, 0.3) is 0 Å². The fourth-order valence-electron chi connectivity index (χ4n) is 5.72. The third-order valence-corrected chi connectivity index (χ3v) is 9.98. The number of carbonyl (C=O) groups excluding carboxylic acids is 2. The molecule has 0 radical (unpaired) electrons. The van der Waals surface area contributed by atoms with E-state index in [9.17, 15) is 18.0 Å². The van der Waals surface area contributed by atoms with Crippen molar-refractivity contribution < 1.29 is 41.1 Å². The van der Waals surface area contributed by atoms with Crippen LogP contribution in [0.4, 0.5) is 0 Å². The van der Waals surface area contributed by atoms with E-state index in [0.29, 0.717) is 11.1 Å². The monoisotopic (exact) mass is 690 g/mol. The molecule has 1 heterocycles. The van der Waals surface area contributed by atoms with Crippen molar-refractivity contribution in [2.75, 3.05) is 13.2 Å². The summed E-state index contributed by atoms with van der Waals surface area (Å²) in [6.45, 7) is 13.0. The highest BCUT2D eigenvalue weighted by Crippen LogP contribution is 2.37. The van der Waals surface area contributed by atoms with E-state index >= 15 is 0 Å². The van der Waals surface area contributed by atoms with Crippen LogP contribution in [-0.4, -0.2) is 58.2 Å². The number of carbonyl (C=O) groups is 2. The summed E-state index contributed by atoms with van der Waals surface area (Å²) in [6.07, 6.45) is 0.830. The molecule has 3 aromatic rings. The Morgan fingerprint density at radius 1 is 0.796 bits per heavy atom. The first-order chi connectivity index (χ1) is 23.2. The number of ether oxygens (including phenoxy) is 4. The molecule has 0 N–H and O–H groups in total. The maximum atomic E-state index is 14.1. The van der Waals surface area contributed by atoms with E-state index in [1.54, 1.807) is 67.6 Å². The average Bonchev–Trinajstić information content (AvgIpc) is 3.08. The first-order valence-corrected chi connectivity index (χ1v) is 18.0. The van der Waals surface area contributed by atoms with E-state index in [0.717, 1.165) is 5.56 Å². The summed E-state index contributed by atoms with van der Waals surface area (Å²) < 4.78 is 57.9. The minimum Gasteiger partial charge on any atom is -0.454 e. The molecule has 1 saturated heterocycles. The second kappa shape index (κ2) is 16.6. The van der Waals surface area contributed by atoms with Crippen LogP contribution in [-0.2, 0) is 33.2 Å². The minimum atomic E-state index is -4.31. The smallest absolute Gasteiger partial charge is 0.338 e. The number of hydrogen-bond acceptors (Lipinski definition) is 9. The SMILES string of the molecule is C#CCO[C@@H]1O[C@H](COS(=O)(=O)c2c(C(C)C)cc(C(C)C)cc2C(C)C)C(C)[C@H](OC(=O)c2ccccc2)[C@@H]1OC(=O)c1ccccc1. The lowest BCUT2D eigenvalue weighted by Gasteiger charge is -2.43. The normalized spacial score (nSPS) is 21.0. The second-order valence-corrected chi connectivity index (χ2v) is 14.7. The summed E-state index contributed by atoms with van der Waals surface area (Å²) in [4.78, 5) is 26.8. The van der Waals surface area contributed by atoms with Gasteiger partial charge in [-0.05, 0) is 58.7 Å². The van der Waals surface area contributed by atoms with Gasteiger partial charge in [0.1, 0.15) is 17.6 Å². The molecule has 1 aliphatic rings. The molecule has 49 heavy (non-hydrogen) atoms. The van der Waals surface area contributed by atoms with Gasteiger partial charge in [0.05, 0.1) is 23.8 Å². The minimum absolute atomic E-state index is 0.0992. The van der Waals surface area contributed by atoms with Gasteiger partial charge in [0.25, 0.3) is 10.1 Å². The zero-order valence-corrected chi connectivity index (χ0v) is 29.9. The highest BCUT2D eigenvalue weighted by Gasteiger charge is 2.50. The van der Waals surface area contributed by atoms with Crippen molar-refractivity contribution in [2.24, 2.45) is 5.92 Å². The molecule has 0 bridgehead atoms. The van der Waals surface area contributed by atoms with Crippen molar-refractivity contribution in [3.8, 4) is 12.3 Å². The zero-order valence-electron chi connectivity index (χ0n) is 29.1. The summed E-state index contributed by atoms with van der Waals surface area (Å²) >= 11 is 0. The number of rotatable bonds is 13. The molecule has 5 atom stereocenters. The van der Waals surface area contributed by atoms with Crippen LogP contribution >= 0.6 is 0 Å². The Balaban J connectivity index is 1.70. The molecule has 0 saturated carbocycles. The Morgan fingerprint density at radius 2 is 1.29 bits per heavy atom. The highest BCUT2D eigenvalue weighted by atomic mass is 32.2. The van der Waals surface area contributed by atoms with Crippen molar-refractivity contribution in [2.45, 2.75) is 95.7 Å². The van der Waals surface area contributed by atoms with Crippen LogP contribution < -0.4 is 0 Å². The summed E-state index contributed by atoms with van der Waals surface area (Å²) in [5.74, 6) is 0.287. The third kappa shape index (κ3) is 9.17. The van der Waals surface area contributed by atoms with Crippen molar-refractivity contribution in [1.82, 2.24) is 0 Å². The molecule has 4 rings (SSSR count). The molecule has 1 unspecified atom stereocenters. The topological polar surface area (TPSA) is 114 Å². The lowest BCUT2D eigenvalue weighted by Crippen LogP contribution is -2.58. The van der Waals surface area contributed by atoms with E-state index in [-0.39, 0.29) is 40.4 Å². The predicted octanol–water partition coefficient (Wildman–Crippen LogP) is 7.22. The van der Waals surface area contributed by atoms with Crippen LogP contribution in [0.2, 0.25) is 0 Å². The molecule has 0 aromatic heterocycles. The van der Waals surface area contributed by atoms with E-state index in [1.165, 1.54) is 0 Å². The molecular weight excluding hydrogens is 644 g/mol. The first-order valence-electron chi connectivity index (χ1n) is 16.5. The highest BCUT2D eigenvalue weighted by molar-refractivity contribution is 7.86. The molecule has 1 aliphatic heterocycles. The maximum absolute atomic E-state index is 14.1. The van der Waals surface area contributed by atoms with Gasteiger partial charge in [0.15, 0.2) is 12.4 Å². The number of benzene rings is 3.